The number of nitrogens with one attached hydrogen (secondary N) is 2. The summed E-state index contributed by atoms with van der Waals surface area (Å²) in [5.74, 6) is 0. The van der Waals surface area contributed by atoms with Crippen LogP contribution < -0.4 is 10.9 Å². The highest BCUT2D eigenvalue weighted by atomic mass is 16.6. The summed E-state index contributed by atoms with van der Waals surface area (Å²) in [6.07, 6.45) is 0. The van der Waals surface area contributed by atoms with E-state index in [1.165, 1.54) is 5.56 Å². The molecule has 5 nitrogen and oxygen atoms in total. The van der Waals surface area contributed by atoms with Crippen molar-refractivity contribution in [1.29, 1.82) is 0 Å². The van der Waals surface area contributed by atoms with E-state index < -0.39 is 0 Å². The molecule has 0 radical (unpaired) electrons. The van der Waals surface area contributed by atoms with Crippen LogP contribution in [0.3, 0.4) is 0 Å². The zero-order valence-electron chi connectivity index (χ0n) is 13.9. The van der Waals surface area contributed by atoms with Crippen molar-refractivity contribution in [1.82, 2.24) is 5.43 Å². The highest BCUT2D eigenvalue weighted by Crippen LogP contribution is 2.27. The molecule has 0 aliphatic rings. The van der Waals surface area contributed by atoms with Gasteiger partial charge in [0.2, 0.25) is 0 Å². The predicted octanol–water partition coefficient (Wildman–Crippen LogP) is 4.69. The van der Waals surface area contributed by atoms with E-state index in [9.17, 15) is 10.1 Å². The number of anilines is 1. The quantitative estimate of drug-likeness (QED) is 0.507. The van der Waals surface area contributed by atoms with E-state index in [-0.39, 0.29) is 10.6 Å². The van der Waals surface area contributed by atoms with Gasteiger partial charge in [0.05, 0.1) is 4.92 Å². The van der Waals surface area contributed by atoms with Crippen LogP contribution >= 0.6 is 0 Å². The van der Waals surface area contributed by atoms with E-state index in [4.69, 9.17) is 0 Å². The first kappa shape index (κ1) is 16.7. The third-order valence-corrected chi connectivity index (χ3v) is 3.95. The Kier molecular flexibility index (Phi) is 5.06. The SMILES string of the molecule is Cc1ccc(-c2ccc([N+](=O)[O-])c(CNNc3ccccc3)c2)cc1. The van der Waals surface area contributed by atoms with Crippen LogP contribution in [0.4, 0.5) is 11.4 Å². The van der Waals surface area contributed by atoms with Crippen LogP contribution in [0.15, 0.2) is 72.8 Å². The lowest BCUT2D eigenvalue weighted by molar-refractivity contribution is -0.385. The topological polar surface area (TPSA) is 67.2 Å². The number of hydrazine groups is 1. The molecule has 0 spiro atoms. The molecule has 0 fully saturated rings. The number of nitro groups is 1. The molecule has 0 aliphatic carbocycles. The maximum atomic E-state index is 11.3. The summed E-state index contributed by atoms with van der Waals surface area (Å²) in [7, 11) is 0. The molecule has 2 N–H and O–H groups in total. The second kappa shape index (κ2) is 7.59. The van der Waals surface area contributed by atoms with Crippen LogP contribution in [-0.4, -0.2) is 4.92 Å². The number of nitrogens with zero attached hydrogens (tertiary/aromatic N) is 1. The van der Waals surface area contributed by atoms with Gasteiger partial charge >= 0.3 is 0 Å². The van der Waals surface area contributed by atoms with Crippen molar-refractivity contribution in [2.75, 3.05) is 5.43 Å². The second-order valence-corrected chi connectivity index (χ2v) is 5.81. The fourth-order valence-corrected chi connectivity index (χ4v) is 2.59. The zero-order valence-corrected chi connectivity index (χ0v) is 13.9. The monoisotopic (exact) mass is 333 g/mol. The first-order chi connectivity index (χ1) is 12.1. The van der Waals surface area contributed by atoms with Crippen LogP contribution in [0.25, 0.3) is 11.1 Å². The normalized spacial score (nSPS) is 10.4. The van der Waals surface area contributed by atoms with Crippen molar-refractivity contribution in [2.24, 2.45) is 0 Å². The molecule has 0 aliphatic heterocycles. The molecule has 0 amide bonds. The van der Waals surface area contributed by atoms with Gasteiger partial charge < -0.3 is 5.43 Å². The molecular weight excluding hydrogens is 314 g/mol. The Hall–Kier alpha value is -3.18. The van der Waals surface area contributed by atoms with Crippen LogP contribution in [0.2, 0.25) is 0 Å². The molecule has 0 unspecified atom stereocenters. The maximum Gasteiger partial charge on any atom is 0.273 e. The van der Waals surface area contributed by atoms with E-state index in [2.05, 4.69) is 10.9 Å². The number of hydrogen-bond acceptors (Lipinski definition) is 4. The van der Waals surface area contributed by atoms with E-state index in [0.717, 1.165) is 16.8 Å². The Morgan fingerprint density at radius 3 is 2.28 bits per heavy atom. The minimum atomic E-state index is -0.349. The molecule has 3 aromatic carbocycles. The summed E-state index contributed by atoms with van der Waals surface area (Å²) in [4.78, 5) is 11.0. The average Bonchev–Trinajstić information content (AvgIpc) is 2.63. The van der Waals surface area contributed by atoms with Gasteiger partial charge in [0.1, 0.15) is 0 Å². The summed E-state index contributed by atoms with van der Waals surface area (Å²) in [6, 6.07) is 22.9. The molecule has 0 saturated heterocycles. The molecule has 5 heteroatoms. The minimum absolute atomic E-state index is 0.109. The van der Waals surface area contributed by atoms with Gasteiger partial charge in [-0.25, -0.2) is 5.43 Å². The maximum absolute atomic E-state index is 11.3. The highest BCUT2D eigenvalue weighted by Gasteiger charge is 2.14. The lowest BCUT2D eigenvalue weighted by Gasteiger charge is -2.10. The van der Waals surface area contributed by atoms with Crippen LogP contribution in [0.1, 0.15) is 11.1 Å². The van der Waals surface area contributed by atoms with E-state index >= 15 is 0 Å². The number of para-hydroxylation sites is 1. The Morgan fingerprint density at radius 1 is 0.920 bits per heavy atom. The van der Waals surface area contributed by atoms with E-state index in [1.807, 2.05) is 67.6 Å². The Balaban J connectivity index is 1.81. The number of rotatable bonds is 6. The molecule has 0 bridgehead atoms. The van der Waals surface area contributed by atoms with Crippen LogP contribution in [0, 0.1) is 17.0 Å². The molecule has 3 aromatic rings. The van der Waals surface area contributed by atoms with Crippen LogP contribution in [0.5, 0.6) is 0 Å². The van der Waals surface area contributed by atoms with Crippen molar-refractivity contribution in [3.8, 4) is 11.1 Å². The standard InChI is InChI=1S/C20H19N3O2/c1-15-7-9-16(10-8-15)17-11-12-20(23(24)25)18(13-17)14-21-22-19-5-3-2-4-6-19/h2-13,21-22H,14H2,1H3. The highest BCUT2D eigenvalue weighted by molar-refractivity contribution is 5.67. The third kappa shape index (κ3) is 4.22. The van der Waals surface area contributed by atoms with E-state index in [1.54, 1.807) is 12.1 Å². The molecule has 0 atom stereocenters. The lowest BCUT2D eigenvalue weighted by Crippen LogP contribution is -2.21. The van der Waals surface area contributed by atoms with Crippen LogP contribution in [-0.2, 0) is 6.54 Å². The molecule has 3 rings (SSSR count). The first-order valence-corrected chi connectivity index (χ1v) is 8.02. The molecular formula is C20H19N3O2. The average molecular weight is 333 g/mol. The number of aryl methyl sites for hydroxylation is 1. The number of nitro benzene ring substituents is 1. The Morgan fingerprint density at radius 2 is 1.60 bits per heavy atom. The summed E-state index contributed by atoms with van der Waals surface area (Å²) < 4.78 is 0. The van der Waals surface area contributed by atoms with Gasteiger partial charge in [-0.3, -0.25) is 10.1 Å². The summed E-state index contributed by atoms with van der Waals surface area (Å²) in [5.41, 5.74) is 10.9. The summed E-state index contributed by atoms with van der Waals surface area (Å²) >= 11 is 0. The zero-order chi connectivity index (χ0) is 17.6. The molecule has 0 heterocycles. The van der Waals surface area contributed by atoms with Crippen molar-refractivity contribution in [3.05, 3.63) is 94.0 Å². The second-order valence-electron chi connectivity index (χ2n) is 5.81. The Bertz CT molecular complexity index is 862. The lowest BCUT2D eigenvalue weighted by atomic mass is 10.0. The van der Waals surface area contributed by atoms with Gasteiger partial charge in [-0.15, -0.1) is 0 Å². The van der Waals surface area contributed by atoms with Crippen molar-refractivity contribution in [2.45, 2.75) is 13.5 Å². The smallest absolute Gasteiger partial charge is 0.273 e. The van der Waals surface area contributed by atoms with Crippen molar-refractivity contribution >= 4 is 11.4 Å². The van der Waals surface area contributed by atoms with Gasteiger partial charge in [0.25, 0.3) is 5.69 Å². The largest absolute Gasteiger partial charge is 0.321 e. The molecule has 0 aromatic heterocycles. The fourth-order valence-electron chi connectivity index (χ4n) is 2.59. The Labute approximate surface area is 146 Å². The van der Waals surface area contributed by atoms with Gasteiger partial charge in [0, 0.05) is 23.9 Å². The van der Waals surface area contributed by atoms with Gasteiger partial charge in [-0.2, -0.15) is 0 Å². The van der Waals surface area contributed by atoms with Gasteiger partial charge in [-0.05, 0) is 42.3 Å². The summed E-state index contributed by atoms with van der Waals surface area (Å²) in [5, 5.41) is 11.3. The summed E-state index contributed by atoms with van der Waals surface area (Å²) in [6.45, 7) is 2.37. The predicted molar refractivity (Wildman–Crippen MR) is 100 cm³/mol. The third-order valence-electron chi connectivity index (χ3n) is 3.95. The van der Waals surface area contributed by atoms with Gasteiger partial charge in [0.15, 0.2) is 0 Å². The number of hydrogen-bond donors (Lipinski definition) is 2. The minimum Gasteiger partial charge on any atom is -0.321 e. The van der Waals surface area contributed by atoms with Gasteiger partial charge in [-0.1, -0.05) is 48.0 Å². The van der Waals surface area contributed by atoms with E-state index in [0.29, 0.717) is 12.1 Å². The molecule has 126 valence electrons. The fraction of sp³-hybridized carbons (Fsp3) is 0.100. The molecule has 0 saturated carbocycles. The van der Waals surface area contributed by atoms with Crippen molar-refractivity contribution < 1.29 is 4.92 Å². The number of benzene rings is 3. The first-order valence-electron chi connectivity index (χ1n) is 8.02. The molecule has 25 heavy (non-hydrogen) atoms. The van der Waals surface area contributed by atoms with Crippen molar-refractivity contribution in [3.63, 3.8) is 0 Å².